The zero-order valence-electron chi connectivity index (χ0n) is 15.6. The van der Waals surface area contributed by atoms with Crippen LogP contribution in [0.5, 0.6) is 5.75 Å². The Labute approximate surface area is 176 Å². The topological polar surface area (TPSA) is 63.7 Å². The van der Waals surface area contributed by atoms with Gasteiger partial charge in [-0.3, -0.25) is 0 Å². The Hall–Kier alpha value is -3.50. The molecular formula is C22H15ClF2N4O. The third kappa shape index (κ3) is 4.24. The Kier molecular flexibility index (Phi) is 5.59. The molecule has 0 unspecified atom stereocenters. The summed E-state index contributed by atoms with van der Waals surface area (Å²) in [6.07, 6.45) is 2.26. The quantitative estimate of drug-likeness (QED) is 0.434. The summed E-state index contributed by atoms with van der Waals surface area (Å²) in [5.74, 6) is -1.43. The van der Waals surface area contributed by atoms with E-state index >= 15 is 0 Å². The Morgan fingerprint density at radius 2 is 1.90 bits per heavy atom. The second kappa shape index (κ2) is 8.47. The molecule has 0 aliphatic rings. The molecule has 0 radical (unpaired) electrons. The molecule has 0 saturated carbocycles. The van der Waals surface area contributed by atoms with Crippen LogP contribution in [0.25, 0.3) is 11.0 Å². The molecule has 0 aliphatic carbocycles. The summed E-state index contributed by atoms with van der Waals surface area (Å²) in [7, 11) is 0. The minimum Gasteiger partial charge on any atom is -0.484 e. The van der Waals surface area contributed by atoms with E-state index in [0.717, 1.165) is 28.8 Å². The van der Waals surface area contributed by atoms with Gasteiger partial charge in [-0.25, -0.2) is 18.7 Å². The number of ether oxygens (including phenoxy) is 1. The minimum atomic E-state index is -0.773. The third-order valence-electron chi connectivity index (χ3n) is 4.63. The predicted octanol–water partition coefficient (Wildman–Crippen LogP) is 5.06. The molecule has 2 aromatic carbocycles. The number of fused-ring (bicyclic) bond motifs is 1. The van der Waals surface area contributed by atoms with Crippen LogP contribution in [0.4, 0.5) is 8.78 Å². The molecule has 0 fully saturated rings. The molecule has 0 saturated heterocycles. The van der Waals surface area contributed by atoms with Gasteiger partial charge in [-0.1, -0.05) is 23.7 Å². The van der Waals surface area contributed by atoms with E-state index in [1.165, 1.54) is 6.07 Å². The van der Waals surface area contributed by atoms with Crippen molar-refractivity contribution in [3.05, 3.63) is 88.5 Å². The average Bonchev–Trinajstić information content (AvgIpc) is 3.09. The third-order valence-corrected chi connectivity index (χ3v) is 4.88. The van der Waals surface area contributed by atoms with Gasteiger partial charge in [0.2, 0.25) is 5.82 Å². The van der Waals surface area contributed by atoms with Crippen LogP contribution in [0, 0.1) is 23.0 Å². The second-order valence-corrected chi connectivity index (χ2v) is 7.05. The Morgan fingerprint density at radius 3 is 2.63 bits per heavy atom. The molecular weight excluding hydrogens is 410 g/mol. The van der Waals surface area contributed by atoms with Crippen LogP contribution in [0.3, 0.4) is 0 Å². The van der Waals surface area contributed by atoms with Crippen LogP contribution in [0.1, 0.15) is 17.1 Å². The molecule has 0 bridgehead atoms. The van der Waals surface area contributed by atoms with Gasteiger partial charge in [-0.2, -0.15) is 5.26 Å². The molecule has 150 valence electrons. The van der Waals surface area contributed by atoms with Crippen molar-refractivity contribution < 1.29 is 13.5 Å². The summed E-state index contributed by atoms with van der Waals surface area (Å²) in [5.41, 5.74) is 2.40. The minimum absolute atomic E-state index is 0.0431. The lowest BCUT2D eigenvalue weighted by atomic mass is 10.1. The standard InChI is InChI=1S/C22H15ClF2N4O/c23-16-3-1-14(2-4-16)7-8-29-18(9-15-12-27-21(11-26)28-22(15)29)13-30-20-6-5-17(24)10-19(20)25/h1-6,9-10,12H,7-8,13H2. The van der Waals surface area contributed by atoms with Gasteiger partial charge < -0.3 is 9.30 Å². The molecule has 5 nitrogen and oxygen atoms in total. The highest BCUT2D eigenvalue weighted by Gasteiger charge is 2.14. The number of nitriles is 1. The van der Waals surface area contributed by atoms with Crippen LogP contribution >= 0.6 is 11.6 Å². The van der Waals surface area contributed by atoms with E-state index in [1.807, 2.05) is 41.0 Å². The van der Waals surface area contributed by atoms with Gasteiger partial charge in [0, 0.05) is 29.2 Å². The van der Waals surface area contributed by atoms with Crippen molar-refractivity contribution in [1.82, 2.24) is 14.5 Å². The lowest BCUT2D eigenvalue weighted by molar-refractivity contribution is 0.280. The highest BCUT2D eigenvalue weighted by molar-refractivity contribution is 6.30. The molecule has 30 heavy (non-hydrogen) atoms. The van der Waals surface area contributed by atoms with E-state index in [4.69, 9.17) is 21.6 Å². The summed E-state index contributed by atoms with van der Waals surface area (Å²) in [6.45, 7) is 0.596. The fourth-order valence-electron chi connectivity index (χ4n) is 3.15. The maximum Gasteiger partial charge on any atom is 0.234 e. The highest BCUT2D eigenvalue weighted by Crippen LogP contribution is 2.23. The van der Waals surface area contributed by atoms with Crippen molar-refractivity contribution in [1.29, 1.82) is 5.26 Å². The van der Waals surface area contributed by atoms with Crippen molar-refractivity contribution in [2.45, 2.75) is 19.6 Å². The monoisotopic (exact) mass is 424 g/mol. The summed E-state index contributed by atoms with van der Waals surface area (Å²) in [5, 5.41) is 10.5. The van der Waals surface area contributed by atoms with Gasteiger partial charge in [0.1, 0.15) is 24.1 Å². The molecule has 2 aromatic heterocycles. The first-order chi connectivity index (χ1) is 14.5. The van der Waals surface area contributed by atoms with Crippen molar-refractivity contribution in [3.8, 4) is 11.8 Å². The molecule has 0 spiro atoms. The SMILES string of the molecule is N#Cc1ncc2cc(COc3ccc(F)cc3F)n(CCc3ccc(Cl)cc3)c2n1. The number of rotatable bonds is 6. The van der Waals surface area contributed by atoms with E-state index in [0.29, 0.717) is 23.6 Å². The number of aromatic nitrogens is 3. The number of aryl methyl sites for hydroxylation is 2. The van der Waals surface area contributed by atoms with Gasteiger partial charge >= 0.3 is 0 Å². The Balaban J connectivity index is 1.64. The van der Waals surface area contributed by atoms with Gasteiger partial charge in [-0.05, 0) is 42.3 Å². The zero-order valence-corrected chi connectivity index (χ0v) is 16.4. The van der Waals surface area contributed by atoms with Crippen molar-refractivity contribution in [2.75, 3.05) is 0 Å². The molecule has 8 heteroatoms. The number of halogens is 3. The molecule has 2 heterocycles. The first kappa shape index (κ1) is 19.8. The van der Waals surface area contributed by atoms with Crippen LogP contribution < -0.4 is 4.74 Å². The molecule has 0 atom stereocenters. The van der Waals surface area contributed by atoms with E-state index in [2.05, 4.69) is 9.97 Å². The first-order valence-corrected chi connectivity index (χ1v) is 9.49. The largest absolute Gasteiger partial charge is 0.484 e. The fourth-order valence-corrected chi connectivity index (χ4v) is 3.28. The van der Waals surface area contributed by atoms with Crippen LogP contribution in [-0.2, 0) is 19.6 Å². The van der Waals surface area contributed by atoms with E-state index in [1.54, 1.807) is 6.20 Å². The average molecular weight is 425 g/mol. The summed E-state index contributed by atoms with van der Waals surface area (Å²) >= 11 is 5.95. The molecule has 0 N–H and O–H groups in total. The Morgan fingerprint density at radius 1 is 1.10 bits per heavy atom. The fraction of sp³-hybridized carbons (Fsp3) is 0.136. The summed E-state index contributed by atoms with van der Waals surface area (Å²) in [6, 6.07) is 14.5. The molecule has 4 aromatic rings. The molecule has 4 rings (SSSR count). The van der Waals surface area contributed by atoms with Crippen molar-refractivity contribution >= 4 is 22.6 Å². The highest BCUT2D eigenvalue weighted by atomic mass is 35.5. The van der Waals surface area contributed by atoms with Gasteiger partial charge in [0.15, 0.2) is 11.6 Å². The lowest BCUT2D eigenvalue weighted by Crippen LogP contribution is -2.09. The maximum atomic E-state index is 13.9. The zero-order chi connectivity index (χ0) is 21.1. The summed E-state index contributed by atoms with van der Waals surface area (Å²) < 4.78 is 34.5. The molecule has 0 amide bonds. The van der Waals surface area contributed by atoms with Crippen LogP contribution in [0.2, 0.25) is 5.02 Å². The Bertz CT molecular complexity index is 1250. The molecule has 0 aliphatic heterocycles. The first-order valence-electron chi connectivity index (χ1n) is 9.11. The number of nitrogens with zero attached hydrogens (tertiary/aromatic N) is 4. The van der Waals surface area contributed by atoms with E-state index in [9.17, 15) is 8.78 Å². The van der Waals surface area contributed by atoms with E-state index in [-0.39, 0.29) is 18.2 Å². The van der Waals surface area contributed by atoms with Crippen molar-refractivity contribution in [2.24, 2.45) is 0 Å². The number of hydrogen-bond donors (Lipinski definition) is 0. The predicted molar refractivity (Wildman–Crippen MR) is 108 cm³/mol. The van der Waals surface area contributed by atoms with Crippen LogP contribution in [-0.4, -0.2) is 14.5 Å². The normalized spacial score (nSPS) is 10.9. The van der Waals surface area contributed by atoms with Gasteiger partial charge in [0.25, 0.3) is 0 Å². The van der Waals surface area contributed by atoms with Gasteiger partial charge in [0.05, 0.1) is 5.69 Å². The van der Waals surface area contributed by atoms with Gasteiger partial charge in [-0.15, -0.1) is 0 Å². The van der Waals surface area contributed by atoms with E-state index < -0.39 is 11.6 Å². The van der Waals surface area contributed by atoms with Crippen LogP contribution in [0.15, 0.2) is 54.7 Å². The summed E-state index contributed by atoms with van der Waals surface area (Å²) in [4.78, 5) is 8.32. The second-order valence-electron chi connectivity index (χ2n) is 6.61. The van der Waals surface area contributed by atoms with Crippen molar-refractivity contribution in [3.63, 3.8) is 0 Å². The lowest BCUT2D eigenvalue weighted by Gasteiger charge is -2.12. The maximum absolute atomic E-state index is 13.9. The number of benzene rings is 2. The smallest absolute Gasteiger partial charge is 0.234 e. The number of hydrogen-bond acceptors (Lipinski definition) is 4.